The molecular formula is C12H13N3O3. The van der Waals surface area contributed by atoms with Gasteiger partial charge >= 0.3 is 0 Å². The van der Waals surface area contributed by atoms with Crippen LogP contribution >= 0.6 is 0 Å². The van der Waals surface area contributed by atoms with Gasteiger partial charge < -0.3 is 20.1 Å². The van der Waals surface area contributed by atoms with Gasteiger partial charge in [0.1, 0.15) is 5.75 Å². The summed E-state index contributed by atoms with van der Waals surface area (Å²) in [7, 11) is 0. The Kier molecular flexibility index (Phi) is 2.73. The number of aromatic hydroxyl groups is 1. The number of benzene rings is 1. The van der Waals surface area contributed by atoms with Crippen molar-refractivity contribution in [3.63, 3.8) is 0 Å². The van der Waals surface area contributed by atoms with Crippen molar-refractivity contribution in [2.45, 2.75) is 18.6 Å². The van der Waals surface area contributed by atoms with Crippen LogP contribution in [-0.4, -0.2) is 33.0 Å². The zero-order valence-electron chi connectivity index (χ0n) is 9.58. The zero-order valence-corrected chi connectivity index (χ0v) is 9.58. The predicted molar refractivity (Wildman–Crippen MR) is 62.8 cm³/mol. The molecule has 1 aromatic carbocycles. The molecule has 2 heterocycles. The van der Waals surface area contributed by atoms with Crippen molar-refractivity contribution in [3.8, 4) is 17.1 Å². The molecule has 6 heteroatoms. The van der Waals surface area contributed by atoms with E-state index in [9.17, 15) is 10.2 Å². The molecule has 1 fully saturated rings. The molecule has 3 N–H and O–H groups in total. The van der Waals surface area contributed by atoms with Crippen LogP contribution in [0, 0.1) is 0 Å². The van der Waals surface area contributed by atoms with Crippen LogP contribution < -0.4 is 5.32 Å². The van der Waals surface area contributed by atoms with Gasteiger partial charge in [-0.1, -0.05) is 17.3 Å². The normalized spacial score (nSPS) is 23.4. The number of rotatable bonds is 2. The molecule has 18 heavy (non-hydrogen) atoms. The summed E-state index contributed by atoms with van der Waals surface area (Å²) in [5.41, 5.74) is 0.698. The lowest BCUT2D eigenvalue weighted by Gasteiger charge is -2.01. The summed E-state index contributed by atoms with van der Waals surface area (Å²) in [6, 6.07) is 6.58. The number of β-amino-alcohol motifs (C(OH)–C–C–N with tert-alkyl or cyclic N) is 1. The van der Waals surface area contributed by atoms with E-state index in [1.165, 1.54) is 0 Å². The van der Waals surface area contributed by atoms with E-state index in [-0.39, 0.29) is 17.9 Å². The number of aliphatic hydroxyl groups excluding tert-OH is 1. The summed E-state index contributed by atoms with van der Waals surface area (Å²) in [6.45, 7) is 0.536. The number of hydrogen-bond acceptors (Lipinski definition) is 6. The van der Waals surface area contributed by atoms with Gasteiger partial charge in [0.25, 0.3) is 0 Å². The van der Waals surface area contributed by atoms with Crippen LogP contribution in [0.25, 0.3) is 11.4 Å². The minimum Gasteiger partial charge on any atom is -0.508 e. The van der Waals surface area contributed by atoms with Gasteiger partial charge in [-0.05, 0) is 18.6 Å². The van der Waals surface area contributed by atoms with Crippen LogP contribution in [0.4, 0.5) is 0 Å². The highest BCUT2D eigenvalue weighted by Gasteiger charge is 2.28. The van der Waals surface area contributed by atoms with E-state index in [2.05, 4.69) is 15.5 Å². The number of nitrogens with one attached hydrogen (secondary N) is 1. The molecule has 1 aliphatic heterocycles. The van der Waals surface area contributed by atoms with Crippen LogP contribution in [0.3, 0.4) is 0 Å². The second kappa shape index (κ2) is 4.40. The minimum atomic E-state index is -0.369. The third-order valence-corrected chi connectivity index (χ3v) is 2.95. The maximum Gasteiger partial charge on any atom is 0.244 e. The molecular weight excluding hydrogens is 234 g/mol. The highest BCUT2D eigenvalue weighted by atomic mass is 16.5. The predicted octanol–water partition coefficient (Wildman–Crippen LogP) is 0.837. The third-order valence-electron chi connectivity index (χ3n) is 2.95. The van der Waals surface area contributed by atoms with E-state index in [1.807, 2.05) is 0 Å². The molecule has 2 atom stereocenters. The van der Waals surface area contributed by atoms with E-state index < -0.39 is 0 Å². The number of aliphatic hydroxyl groups is 1. The van der Waals surface area contributed by atoms with Crippen molar-refractivity contribution in [2.24, 2.45) is 0 Å². The van der Waals surface area contributed by atoms with E-state index in [0.717, 1.165) is 0 Å². The highest BCUT2D eigenvalue weighted by Crippen LogP contribution is 2.25. The van der Waals surface area contributed by atoms with Gasteiger partial charge in [-0.2, -0.15) is 4.98 Å². The molecule has 6 nitrogen and oxygen atoms in total. The van der Waals surface area contributed by atoms with Crippen LogP contribution in [0.5, 0.6) is 5.75 Å². The Morgan fingerprint density at radius 1 is 1.39 bits per heavy atom. The second-order valence-electron chi connectivity index (χ2n) is 4.36. The SMILES string of the molecule is Oc1cccc(-c2noc([C@@H]3C[C@H](O)CN3)n2)c1. The quantitative estimate of drug-likeness (QED) is 0.728. The van der Waals surface area contributed by atoms with Crippen molar-refractivity contribution >= 4 is 0 Å². The first-order valence-corrected chi connectivity index (χ1v) is 5.77. The first-order chi connectivity index (χ1) is 8.72. The summed E-state index contributed by atoms with van der Waals surface area (Å²) in [5.74, 6) is 1.06. The number of phenols is 1. The van der Waals surface area contributed by atoms with Crippen molar-refractivity contribution in [1.82, 2.24) is 15.5 Å². The van der Waals surface area contributed by atoms with Crippen molar-refractivity contribution in [3.05, 3.63) is 30.2 Å². The van der Waals surface area contributed by atoms with Crippen molar-refractivity contribution in [1.29, 1.82) is 0 Å². The van der Waals surface area contributed by atoms with Gasteiger partial charge in [0.15, 0.2) is 0 Å². The lowest BCUT2D eigenvalue weighted by atomic mass is 10.2. The van der Waals surface area contributed by atoms with E-state index in [0.29, 0.717) is 30.2 Å². The molecule has 1 aromatic heterocycles. The largest absolute Gasteiger partial charge is 0.508 e. The standard InChI is InChI=1S/C12H13N3O3/c16-8-3-1-2-7(4-8)11-14-12(18-15-11)10-5-9(17)6-13-10/h1-4,9-10,13,16-17H,5-6H2/t9-,10-/m0/s1. The topological polar surface area (TPSA) is 91.4 Å². The molecule has 3 rings (SSSR count). The molecule has 0 spiro atoms. The first-order valence-electron chi connectivity index (χ1n) is 5.77. The summed E-state index contributed by atoms with van der Waals surface area (Å²) in [4.78, 5) is 4.28. The Morgan fingerprint density at radius 3 is 3.00 bits per heavy atom. The highest BCUT2D eigenvalue weighted by molar-refractivity contribution is 5.56. The van der Waals surface area contributed by atoms with Crippen LogP contribution in [0.15, 0.2) is 28.8 Å². The minimum absolute atomic E-state index is 0.0986. The lowest BCUT2D eigenvalue weighted by Crippen LogP contribution is -2.15. The Bertz CT molecular complexity index is 555. The Labute approximate surface area is 103 Å². The first kappa shape index (κ1) is 11.2. The Morgan fingerprint density at radius 2 is 2.28 bits per heavy atom. The Balaban J connectivity index is 1.85. The fourth-order valence-electron chi connectivity index (χ4n) is 2.04. The van der Waals surface area contributed by atoms with Crippen molar-refractivity contribution < 1.29 is 14.7 Å². The zero-order chi connectivity index (χ0) is 12.5. The third kappa shape index (κ3) is 2.07. The van der Waals surface area contributed by atoms with Gasteiger partial charge in [0.2, 0.25) is 11.7 Å². The summed E-state index contributed by atoms with van der Waals surface area (Å²) in [6.07, 6.45) is 0.202. The monoisotopic (exact) mass is 247 g/mol. The molecule has 0 saturated carbocycles. The molecule has 2 aromatic rings. The molecule has 0 unspecified atom stereocenters. The average Bonchev–Trinajstić information content (AvgIpc) is 2.97. The average molecular weight is 247 g/mol. The smallest absolute Gasteiger partial charge is 0.244 e. The molecule has 0 bridgehead atoms. The number of aromatic nitrogens is 2. The molecule has 1 saturated heterocycles. The second-order valence-corrected chi connectivity index (χ2v) is 4.36. The van der Waals surface area contributed by atoms with Crippen LogP contribution in [0.1, 0.15) is 18.4 Å². The number of hydrogen-bond donors (Lipinski definition) is 3. The van der Waals surface area contributed by atoms with E-state index in [1.54, 1.807) is 24.3 Å². The Hall–Kier alpha value is -1.92. The number of nitrogens with zero attached hydrogens (tertiary/aromatic N) is 2. The molecule has 0 aliphatic carbocycles. The van der Waals surface area contributed by atoms with Gasteiger partial charge in [-0.25, -0.2) is 0 Å². The maximum atomic E-state index is 9.44. The van der Waals surface area contributed by atoms with E-state index in [4.69, 9.17) is 4.52 Å². The molecule has 0 amide bonds. The van der Waals surface area contributed by atoms with Crippen molar-refractivity contribution in [2.75, 3.05) is 6.54 Å². The van der Waals surface area contributed by atoms with Crippen LogP contribution in [0.2, 0.25) is 0 Å². The molecule has 94 valence electrons. The van der Waals surface area contributed by atoms with Gasteiger partial charge in [0.05, 0.1) is 12.1 Å². The summed E-state index contributed by atoms with van der Waals surface area (Å²) in [5, 5.41) is 25.8. The summed E-state index contributed by atoms with van der Waals surface area (Å²) >= 11 is 0. The van der Waals surface area contributed by atoms with Gasteiger partial charge in [-0.3, -0.25) is 0 Å². The lowest BCUT2D eigenvalue weighted by molar-refractivity contribution is 0.191. The fraction of sp³-hybridized carbons (Fsp3) is 0.333. The van der Waals surface area contributed by atoms with Gasteiger partial charge in [0, 0.05) is 12.1 Å². The van der Waals surface area contributed by atoms with Gasteiger partial charge in [-0.15, -0.1) is 0 Å². The fourth-order valence-corrected chi connectivity index (χ4v) is 2.04. The maximum absolute atomic E-state index is 9.44. The van der Waals surface area contributed by atoms with Crippen LogP contribution in [-0.2, 0) is 0 Å². The number of phenolic OH excluding ortho intramolecular Hbond substituents is 1. The molecule has 0 radical (unpaired) electrons. The van der Waals surface area contributed by atoms with E-state index >= 15 is 0 Å². The molecule has 1 aliphatic rings. The summed E-state index contributed by atoms with van der Waals surface area (Å²) < 4.78 is 5.17.